The van der Waals surface area contributed by atoms with E-state index < -0.39 is 28.5 Å². The Kier molecular flexibility index (Phi) is 9.73. The van der Waals surface area contributed by atoms with Gasteiger partial charge in [0.15, 0.2) is 0 Å². The van der Waals surface area contributed by atoms with Crippen LogP contribution >= 0.6 is 11.6 Å². The molecular weight excluding hydrogens is 462 g/mol. The lowest BCUT2D eigenvalue weighted by Gasteiger charge is -2.33. The van der Waals surface area contributed by atoms with E-state index in [4.69, 9.17) is 11.6 Å². The predicted octanol–water partition coefficient (Wildman–Crippen LogP) is 3.69. The third kappa shape index (κ3) is 7.75. The summed E-state index contributed by atoms with van der Waals surface area (Å²) in [6, 6.07) is 15.0. The van der Waals surface area contributed by atoms with Crippen LogP contribution in [0.25, 0.3) is 0 Å². The second-order valence-electron chi connectivity index (χ2n) is 8.29. The van der Waals surface area contributed by atoms with Crippen molar-refractivity contribution >= 4 is 39.1 Å². The third-order valence-corrected chi connectivity index (χ3v) is 6.51. The molecule has 0 aromatic heterocycles. The van der Waals surface area contributed by atoms with Gasteiger partial charge < -0.3 is 10.2 Å². The summed E-state index contributed by atoms with van der Waals surface area (Å²) in [5.41, 5.74) is 1.05. The van der Waals surface area contributed by atoms with Crippen molar-refractivity contribution in [2.24, 2.45) is 5.92 Å². The molecule has 0 spiro atoms. The number of para-hydroxylation sites is 1. The first-order valence-electron chi connectivity index (χ1n) is 10.9. The summed E-state index contributed by atoms with van der Waals surface area (Å²) >= 11 is 6.23. The number of hydrogen-bond donors (Lipinski definition) is 1. The van der Waals surface area contributed by atoms with Crippen molar-refractivity contribution in [2.45, 2.75) is 39.8 Å². The number of benzene rings is 2. The lowest BCUT2D eigenvalue weighted by molar-refractivity contribution is -0.140. The molecule has 0 saturated carbocycles. The van der Waals surface area contributed by atoms with Gasteiger partial charge in [-0.25, -0.2) is 8.42 Å². The van der Waals surface area contributed by atoms with Crippen molar-refractivity contribution in [3.8, 4) is 0 Å². The Morgan fingerprint density at radius 2 is 1.64 bits per heavy atom. The highest BCUT2D eigenvalue weighted by Crippen LogP contribution is 2.27. The van der Waals surface area contributed by atoms with E-state index in [9.17, 15) is 18.0 Å². The van der Waals surface area contributed by atoms with Crippen LogP contribution in [0.3, 0.4) is 0 Å². The first-order chi connectivity index (χ1) is 15.5. The Labute approximate surface area is 201 Å². The second kappa shape index (κ2) is 12.0. The predicted molar refractivity (Wildman–Crippen MR) is 133 cm³/mol. The number of amides is 2. The Hall–Kier alpha value is -2.58. The van der Waals surface area contributed by atoms with E-state index in [-0.39, 0.29) is 29.1 Å². The molecule has 0 fully saturated rings. The standard InChI is InChI=1S/C24H32ClN3O4S/c1-5-21(24(30)26-15-18(2)3)27(16-19-11-7-6-8-12-19)23(29)17-28(33(4,31)32)22-14-10-9-13-20(22)25/h6-14,18,21H,5,15-17H2,1-4H3,(H,26,30)/t21-/m1/s1. The van der Waals surface area contributed by atoms with Gasteiger partial charge in [-0.3, -0.25) is 13.9 Å². The van der Waals surface area contributed by atoms with Crippen molar-refractivity contribution in [1.82, 2.24) is 10.2 Å². The maximum atomic E-state index is 13.5. The van der Waals surface area contributed by atoms with Crippen LogP contribution in [0.4, 0.5) is 5.69 Å². The minimum atomic E-state index is -3.82. The van der Waals surface area contributed by atoms with Crippen LogP contribution in [-0.2, 0) is 26.2 Å². The maximum Gasteiger partial charge on any atom is 0.244 e. The molecule has 2 aromatic rings. The molecule has 7 nitrogen and oxygen atoms in total. The number of nitrogens with one attached hydrogen (secondary N) is 1. The molecule has 0 heterocycles. The summed E-state index contributed by atoms with van der Waals surface area (Å²) < 4.78 is 26.1. The average Bonchev–Trinajstić information content (AvgIpc) is 2.76. The van der Waals surface area contributed by atoms with Crippen molar-refractivity contribution in [1.29, 1.82) is 0 Å². The van der Waals surface area contributed by atoms with E-state index in [1.165, 1.54) is 4.90 Å². The Balaban J connectivity index is 2.40. The minimum Gasteiger partial charge on any atom is -0.354 e. The Morgan fingerprint density at radius 1 is 1.03 bits per heavy atom. The molecule has 2 aromatic carbocycles. The first kappa shape index (κ1) is 26.7. The number of hydrogen-bond acceptors (Lipinski definition) is 4. The molecule has 1 N–H and O–H groups in total. The third-order valence-electron chi connectivity index (χ3n) is 5.07. The van der Waals surface area contributed by atoms with Gasteiger partial charge in [-0.1, -0.05) is 74.8 Å². The van der Waals surface area contributed by atoms with Crippen molar-refractivity contribution in [3.63, 3.8) is 0 Å². The molecule has 2 rings (SSSR count). The van der Waals surface area contributed by atoms with Gasteiger partial charge in [0.25, 0.3) is 0 Å². The number of carbonyl (C=O) groups is 2. The van der Waals surface area contributed by atoms with Crippen LogP contribution in [-0.4, -0.2) is 50.5 Å². The van der Waals surface area contributed by atoms with E-state index in [0.717, 1.165) is 16.1 Å². The summed E-state index contributed by atoms with van der Waals surface area (Å²) in [6.07, 6.45) is 1.41. The molecule has 1 atom stereocenters. The quantitative estimate of drug-likeness (QED) is 0.517. The second-order valence-corrected chi connectivity index (χ2v) is 10.6. The van der Waals surface area contributed by atoms with Crippen molar-refractivity contribution in [2.75, 3.05) is 23.7 Å². The number of rotatable bonds is 11. The molecule has 2 amide bonds. The molecule has 33 heavy (non-hydrogen) atoms. The Morgan fingerprint density at radius 3 is 2.18 bits per heavy atom. The largest absolute Gasteiger partial charge is 0.354 e. The zero-order chi connectivity index (χ0) is 24.6. The highest BCUT2D eigenvalue weighted by atomic mass is 35.5. The van der Waals surface area contributed by atoms with Crippen LogP contribution in [0.15, 0.2) is 54.6 Å². The van der Waals surface area contributed by atoms with E-state index in [2.05, 4.69) is 5.32 Å². The Bertz CT molecular complexity index is 1040. The molecule has 9 heteroatoms. The van der Waals surface area contributed by atoms with Crippen LogP contribution in [0, 0.1) is 5.92 Å². The van der Waals surface area contributed by atoms with E-state index in [1.807, 2.05) is 51.1 Å². The van der Waals surface area contributed by atoms with Gasteiger partial charge in [-0.2, -0.15) is 0 Å². The average molecular weight is 494 g/mol. The molecule has 0 unspecified atom stereocenters. The van der Waals surface area contributed by atoms with Gasteiger partial charge in [0, 0.05) is 13.1 Å². The lowest BCUT2D eigenvalue weighted by Crippen LogP contribution is -2.52. The molecule has 0 saturated heterocycles. The summed E-state index contributed by atoms with van der Waals surface area (Å²) in [5, 5.41) is 3.11. The molecular formula is C24H32ClN3O4S. The van der Waals surface area contributed by atoms with Gasteiger partial charge in [-0.15, -0.1) is 0 Å². The van der Waals surface area contributed by atoms with Crippen LogP contribution in [0.1, 0.15) is 32.8 Å². The monoisotopic (exact) mass is 493 g/mol. The van der Waals surface area contributed by atoms with Gasteiger partial charge in [-0.05, 0) is 30.0 Å². The summed E-state index contributed by atoms with van der Waals surface area (Å²) in [4.78, 5) is 27.9. The molecule has 0 aliphatic carbocycles. The molecule has 0 aliphatic heterocycles. The van der Waals surface area contributed by atoms with E-state index >= 15 is 0 Å². The first-order valence-corrected chi connectivity index (χ1v) is 13.1. The highest BCUT2D eigenvalue weighted by Gasteiger charge is 2.32. The summed E-state index contributed by atoms with van der Waals surface area (Å²) in [5.74, 6) is -0.499. The van der Waals surface area contributed by atoms with E-state index in [0.29, 0.717) is 13.0 Å². The molecule has 180 valence electrons. The van der Waals surface area contributed by atoms with Crippen LogP contribution in [0.5, 0.6) is 0 Å². The zero-order valence-electron chi connectivity index (χ0n) is 19.5. The zero-order valence-corrected chi connectivity index (χ0v) is 21.1. The summed E-state index contributed by atoms with van der Waals surface area (Å²) in [7, 11) is -3.82. The SMILES string of the molecule is CC[C@H](C(=O)NCC(C)C)N(Cc1ccccc1)C(=O)CN(c1ccccc1Cl)S(C)(=O)=O. The fraction of sp³-hybridized carbons (Fsp3) is 0.417. The van der Waals surface area contributed by atoms with Crippen LogP contribution < -0.4 is 9.62 Å². The summed E-state index contributed by atoms with van der Waals surface area (Å²) in [6.45, 7) is 5.99. The van der Waals surface area contributed by atoms with Gasteiger partial charge >= 0.3 is 0 Å². The topological polar surface area (TPSA) is 86.8 Å². The van der Waals surface area contributed by atoms with Crippen LogP contribution in [0.2, 0.25) is 5.02 Å². The maximum absolute atomic E-state index is 13.5. The normalized spacial score (nSPS) is 12.3. The van der Waals surface area contributed by atoms with Gasteiger partial charge in [0.1, 0.15) is 12.6 Å². The van der Waals surface area contributed by atoms with Crippen molar-refractivity contribution in [3.05, 3.63) is 65.2 Å². The van der Waals surface area contributed by atoms with Gasteiger partial charge in [0.2, 0.25) is 21.8 Å². The molecule has 0 aliphatic rings. The van der Waals surface area contributed by atoms with E-state index in [1.54, 1.807) is 24.3 Å². The highest BCUT2D eigenvalue weighted by molar-refractivity contribution is 7.92. The minimum absolute atomic E-state index is 0.174. The number of anilines is 1. The number of nitrogens with zero attached hydrogens (tertiary/aromatic N) is 2. The lowest BCUT2D eigenvalue weighted by atomic mass is 10.1. The fourth-order valence-electron chi connectivity index (χ4n) is 3.37. The number of carbonyl (C=O) groups excluding carboxylic acids is 2. The number of sulfonamides is 1. The fourth-order valence-corrected chi connectivity index (χ4v) is 4.52. The molecule has 0 radical (unpaired) electrons. The van der Waals surface area contributed by atoms with Crippen molar-refractivity contribution < 1.29 is 18.0 Å². The molecule has 0 bridgehead atoms. The smallest absolute Gasteiger partial charge is 0.244 e. The number of halogens is 1. The van der Waals surface area contributed by atoms with Gasteiger partial charge in [0.05, 0.1) is 17.0 Å².